The van der Waals surface area contributed by atoms with Crippen molar-refractivity contribution in [1.29, 1.82) is 0 Å². The van der Waals surface area contributed by atoms with Crippen LogP contribution in [0.1, 0.15) is 31.0 Å². The Morgan fingerprint density at radius 1 is 0.806 bits per heavy atom. The lowest BCUT2D eigenvalue weighted by Crippen LogP contribution is -2.19. The Hall–Kier alpha value is -3.32. The van der Waals surface area contributed by atoms with Crippen LogP contribution in [0.15, 0.2) is 103 Å². The summed E-state index contributed by atoms with van der Waals surface area (Å²) in [7, 11) is 4.09. The smallest absolute Gasteiger partial charge is 0.119 e. The molecular weight excluding hydrogens is 378 g/mol. The van der Waals surface area contributed by atoms with Gasteiger partial charge in [0.2, 0.25) is 0 Å². The lowest BCUT2D eigenvalue weighted by Gasteiger charge is -2.12. The molecule has 0 bridgehead atoms. The summed E-state index contributed by atoms with van der Waals surface area (Å²) in [6.07, 6.45) is 0. The first-order valence-corrected chi connectivity index (χ1v) is 10.2. The summed E-state index contributed by atoms with van der Waals surface area (Å²) in [5, 5.41) is 0. The minimum absolute atomic E-state index is 0. The fourth-order valence-electron chi connectivity index (χ4n) is 3.13. The second-order valence-corrected chi connectivity index (χ2v) is 7.56. The summed E-state index contributed by atoms with van der Waals surface area (Å²) in [5.41, 5.74) is 10.0. The Balaban J connectivity index is 0.00000341. The average molecular weight is 412 g/mol. The van der Waals surface area contributed by atoms with Crippen LogP contribution >= 0.6 is 0 Å². The van der Waals surface area contributed by atoms with Gasteiger partial charge in [-0.3, -0.25) is 0 Å². The topological polar surface area (TPSA) is 12.5 Å². The number of benzene rings is 3. The van der Waals surface area contributed by atoms with Crippen molar-refractivity contribution in [3.63, 3.8) is 0 Å². The zero-order valence-electron chi connectivity index (χ0n) is 18.1. The highest BCUT2D eigenvalue weighted by atomic mass is 16.5. The largest absolute Gasteiger partial charge is 0.492 e. The highest BCUT2D eigenvalue weighted by Gasteiger charge is 2.08. The third kappa shape index (κ3) is 6.86. The molecule has 2 nitrogen and oxygen atoms in total. The van der Waals surface area contributed by atoms with E-state index in [0.29, 0.717) is 6.61 Å². The van der Waals surface area contributed by atoms with Crippen LogP contribution in [-0.4, -0.2) is 32.1 Å². The second-order valence-electron chi connectivity index (χ2n) is 7.56. The first kappa shape index (κ1) is 24.0. The molecule has 31 heavy (non-hydrogen) atoms. The Labute approximate surface area is 187 Å². The van der Waals surface area contributed by atoms with E-state index in [-0.39, 0.29) is 7.43 Å². The van der Waals surface area contributed by atoms with E-state index in [1.165, 1.54) is 0 Å². The van der Waals surface area contributed by atoms with Gasteiger partial charge in [-0.2, -0.15) is 0 Å². The van der Waals surface area contributed by atoms with Crippen molar-refractivity contribution in [2.75, 3.05) is 27.2 Å². The molecule has 0 unspecified atom stereocenters. The molecule has 3 rings (SSSR count). The Morgan fingerprint density at radius 3 is 1.84 bits per heavy atom. The van der Waals surface area contributed by atoms with Gasteiger partial charge < -0.3 is 9.64 Å². The number of rotatable bonds is 8. The summed E-state index contributed by atoms with van der Waals surface area (Å²) in [6, 6.07) is 28.9. The normalized spacial score (nSPS) is 10.1. The fraction of sp³-hybridized carbons (Fsp3) is 0.207. The summed E-state index contributed by atoms with van der Waals surface area (Å²) >= 11 is 0. The molecule has 0 N–H and O–H groups in total. The zero-order valence-corrected chi connectivity index (χ0v) is 18.1. The van der Waals surface area contributed by atoms with Crippen molar-refractivity contribution >= 4 is 11.1 Å². The number of hydrogen-bond acceptors (Lipinski definition) is 2. The molecule has 0 saturated heterocycles. The van der Waals surface area contributed by atoms with Gasteiger partial charge in [0.1, 0.15) is 12.4 Å². The van der Waals surface area contributed by atoms with Crippen LogP contribution in [0.2, 0.25) is 0 Å². The molecule has 0 amide bonds. The van der Waals surface area contributed by atoms with Crippen LogP contribution in [0.25, 0.3) is 11.1 Å². The van der Waals surface area contributed by atoms with Gasteiger partial charge in [-0.1, -0.05) is 86.8 Å². The SMILES string of the molecule is C.C=C(C)C(=C=C(c1ccccc1)c1ccc(OCCN(C)C)cc1)c1ccccc1. The van der Waals surface area contributed by atoms with Crippen molar-refractivity contribution in [2.24, 2.45) is 0 Å². The van der Waals surface area contributed by atoms with Gasteiger partial charge in [0, 0.05) is 17.7 Å². The fourth-order valence-corrected chi connectivity index (χ4v) is 3.13. The predicted octanol–water partition coefficient (Wildman–Crippen LogP) is 6.95. The Kier molecular flexibility index (Phi) is 9.09. The average Bonchev–Trinajstić information content (AvgIpc) is 2.76. The molecule has 0 atom stereocenters. The van der Waals surface area contributed by atoms with E-state index in [1.54, 1.807) is 0 Å². The standard InChI is InChI=1S/C28H29NO.CH4/c1-22(2)27(23-11-7-5-8-12-23)21-28(24-13-9-6-10-14-24)25-15-17-26(18-16-25)30-20-19-29(3)4;/h5-18H,1,19-20H2,2-4H3;1H4. The highest BCUT2D eigenvalue weighted by molar-refractivity contribution is 5.87. The molecule has 2 heteroatoms. The van der Waals surface area contributed by atoms with E-state index in [9.17, 15) is 0 Å². The number of allylic oxidation sites excluding steroid dienone is 2. The molecule has 0 saturated carbocycles. The minimum Gasteiger partial charge on any atom is -0.492 e. The summed E-state index contributed by atoms with van der Waals surface area (Å²) in [6.45, 7) is 7.78. The molecular formula is C29H33NO. The van der Waals surface area contributed by atoms with Gasteiger partial charge in [0.15, 0.2) is 0 Å². The molecule has 3 aromatic carbocycles. The number of hydrogen-bond donors (Lipinski definition) is 0. The second kappa shape index (κ2) is 11.8. The molecule has 0 radical (unpaired) electrons. The van der Waals surface area contributed by atoms with Crippen LogP contribution in [0.5, 0.6) is 5.75 Å². The lowest BCUT2D eigenvalue weighted by atomic mass is 9.94. The van der Waals surface area contributed by atoms with E-state index in [2.05, 4.69) is 65.7 Å². The van der Waals surface area contributed by atoms with E-state index in [4.69, 9.17) is 4.74 Å². The van der Waals surface area contributed by atoms with Crippen molar-refractivity contribution in [1.82, 2.24) is 4.90 Å². The van der Waals surface area contributed by atoms with E-state index in [0.717, 1.165) is 45.7 Å². The lowest BCUT2D eigenvalue weighted by molar-refractivity contribution is 0.261. The summed E-state index contributed by atoms with van der Waals surface area (Å²) in [4.78, 5) is 2.11. The first-order chi connectivity index (χ1) is 14.5. The van der Waals surface area contributed by atoms with Crippen LogP contribution in [0.4, 0.5) is 0 Å². The van der Waals surface area contributed by atoms with E-state index >= 15 is 0 Å². The molecule has 0 aliphatic rings. The number of likely N-dealkylation sites (N-methyl/N-ethyl adjacent to an activating group) is 1. The van der Waals surface area contributed by atoms with Gasteiger partial charge in [-0.15, -0.1) is 5.73 Å². The quantitative estimate of drug-likeness (QED) is 0.294. The monoisotopic (exact) mass is 411 g/mol. The van der Waals surface area contributed by atoms with Crippen molar-refractivity contribution in [3.05, 3.63) is 120 Å². The minimum atomic E-state index is 0. The molecule has 0 heterocycles. The number of ether oxygens (including phenoxy) is 1. The predicted molar refractivity (Wildman–Crippen MR) is 134 cm³/mol. The van der Waals surface area contributed by atoms with Crippen molar-refractivity contribution in [2.45, 2.75) is 14.4 Å². The van der Waals surface area contributed by atoms with Gasteiger partial charge in [0.05, 0.1) is 0 Å². The van der Waals surface area contributed by atoms with Gasteiger partial charge >= 0.3 is 0 Å². The molecule has 0 aliphatic carbocycles. The first-order valence-electron chi connectivity index (χ1n) is 10.2. The summed E-state index contributed by atoms with van der Waals surface area (Å²) in [5.74, 6) is 0.875. The van der Waals surface area contributed by atoms with Gasteiger partial charge in [-0.25, -0.2) is 0 Å². The molecule has 0 aromatic heterocycles. The molecule has 0 spiro atoms. The number of nitrogens with zero attached hydrogens (tertiary/aromatic N) is 1. The molecule has 0 aliphatic heterocycles. The maximum Gasteiger partial charge on any atom is 0.119 e. The Bertz CT molecular complexity index is 1030. The van der Waals surface area contributed by atoms with Crippen LogP contribution in [0.3, 0.4) is 0 Å². The van der Waals surface area contributed by atoms with Crippen LogP contribution < -0.4 is 4.74 Å². The molecule has 160 valence electrons. The maximum absolute atomic E-state index is 5.86. The van der Waals surface area contributed by atoms with Crippen molar-refractivity contribution < 1.29 is 4.74 Å². The van der Waals surface area contributed by atoms with Crippen LogP contribution in [0, 0.1) is 0 Å². The van der Waals surface area contributed by atoms with Gasteiger partial charge in [-0.05, 0) is 55.4 Å². The zero-order chi connectivity index (χ0) is 21.3. The third-order valence-electron chi connectivity index (χ3n) is 4.75. The van der Waals surface area contributed by atoms with Crippen molar-refractivity contribution in [3.8, 4) is 5.75 Å². The maximum atomic E-state index is 5.86. The van der Waals surface area contributed by atoms with E-state index < -0.39 is 0 Å². The molecule has 0 fully saturated rings. The van der Waals surface area contributed by atoms with E-state index in [1.807, 2.05) is 57.4 Å². The van der Waals surface area contributed by atoms with Gasteiger partial charge in [0.25, 0.3) is 0 Å². The summed E-state index contributed by atoms with van der Waals surface area (Å²) < 4.78 is 5.86. The van der Waals surface area contributed by atoms with Crippen LogP contribution in [-0.2, 0) is 0 Å². The molecule has 3 aromatic rings. The highest BCUT2D eigenvalue weighted by Crippen LogP contribution is 2.28. The Morgan fingerprint density at radius 2 is 1.32 bits per heavy atom. The third-order valence-corrected chi connectivity index (χ3v) is 4.75.